The molecule has 1 saturated carbocycles. The summed E-state index contributed by atoms with van der Waals surface area (Å²) < 4.78 is 21.2. The molecule has 8 heteroatoms. The topological polar surface area (TPSA) is 76.4 Å². The zero-order valence-corrected chi connectivity index (χ0v) is 15.9. The molecule has 1 amide bonds. The van der Waals surface area contributed by atoms with Gasteiger partial charge in [-0.25, -0.2) is 9.37 Å². The summed E-state index contributed by atoms with van der Waals surface area (Å²) in [6.45, 7) is 2.78. The van der Waals surface area contributed by atoms with Crippen molar-refractivity contribution in [2.24, 2.45) is 0 Å². The molecule has 3 heterocycles. The van der Waals surface area contributed by atoms with Crippen LogP contribution in [0.5, 0.6) is 0 Å². The van der Waals surface area contributed by atoms with Crippen molar-refractivity contribution in [1.29, 1.82) is 0 Å². The molecule has 0 atom stereocenters. The normalized spacial score (nSPS) is 28.9. The van der Waals surface area contributed by atoms with Gasteiger partial charge in [0.05, 0.1) is 40.8 Å². The number of halogens is 2. The van der Waals surface area contributed by atoms with E-state index < -0.39 is 11.3 Å². The van der Waals surface area contributed by atoms with Gasteiger partial charge in [0, 0.05) is 18.9 Å². The van der Waals surface area contributed by atoms with Crippen molar-refractivity contribution >= 4 is 28.5 Å². The number of hydrogen-bond donors (Lipinski definition) is 2. The zero-order valence-electron chi connectivity index (χ0n) is 15.2. The van der Waals surface area contributed by atoms with Crippen LogP contribution in [0, 0.1) is 0 Å². The molecule has 0 unspecified atom stereocenters. The number of amides is 1. The predicted octanol–water partition coefficient (Wildman–Crippen LogP) is 3.02. The Morgan fingerprint density at radius 2 is 2.15 bits per heavy atom. The molecule has 4 rings (SSSR count). The molecule has 2 aromatic heterocycles. The highest BCUT2D eigenvalue weighted by atomic mass is 35.5. The fraction of sp³-hybridized carbons (Fsp3) is 0.579. The molecular weight excluding hydrogens is 373 g/mol. The van der Waals surface area contributed by atoms with E-state index in [1.807, 2.05) is 4.57 Å². The van der Waals surface area contributed by atoms with Crippen LogP contribution in [-0.2, 0) is 4.74 Å². The Morgan fingerprint density at radius 1 is 1.44 bits per heavy atom. The van der Waals surface area contributed by atoms with E-state index in [1.54, 1.807) is 25.4 Å². The van der Waals surface area contributed by atoms with E-state index in [0.717, 1.165) is 0 Å². The smallest absolute Gasteiger partial charge is 0.253 e. The van der Waals surface area contributed by atoms with Crippen molar-refractivity contribution in [3.63, 3.8) is 0 Å². The minimum absolute atomic E-state index is 0.0823. The van der Waals surface area contributed by atoms with Crippen LogP contribution in [0.15, 0.2) is 18.5 Å². The monoisotopic (exact) mass is 395 g/mol. The number of aliphatic hydroxyl groups is 1. The maximum Gasteiger partial charge on any atom is 0.253 e. The van der Waals surface area contributed by atoms with Crippen molar-refractivity contribution < 1.29 is 19.0 Å². The maximum atomic E-state index is 14.0. The number of nitrogens with one attached hydrogen (secondary N) is 1. The third-order valence-corrected chi connectivity index (χ3v) is 6.04. The average Bonchev–Trinajstić information content (AvgIpc) is 2.96. The minimum Gasteiger partial charge on any atom is -0.388 e. The van der Waals surface area contributed by atoms with Gasteiger partial charge in [0.25, 0.3) is 5.91 Å². The number of ether oxygens (including phenoxy) is 1. The van der Waals surface area contributed by atoms with Crippen LogP contribution < -0.4 is 5.32 Å². The molecule has 0 radical (unpaired) electrons. The fourth-order valence-corrected chi connectivity index (χ4v) is 3.97. The van der Waals surface area contributed by atoms with Crippen molar-refractivity contribution in [1.82, 2.24) is 14.9 Å². The Hall–Kier alpha value is -1.70. The van der Waals surface area contributed by atoms with Gasteiger partial charge >= 0.3 is 0 Å². The van der Waals surface area contributed by atoms with Gasteiger partial charge in [-0.05, 0) is 38.7 Å². The summed E-state index contributed by atoms with van der Waals surface area (Å²) in [5.74, 6) is -0.323. The highest BCUT2D eigenvalue weighted by Crippen LogP contribution is 2.37. The lowest BCUT2D eigenvalue weighted by Gasteiger charge is -2.37. The zero-order chi connectivity index (χ0) is 19.2. The van der Waals surface area contributed by atoms with Gasteiger partial charge in [-0.3, -0.25) is 4.79 Å². The van der Waals surface area contributed by atoms with Crippen molar-refractivity contribution in [2.75, 3.05) is 19.8 Å². The molecule has 0 bridgehead atoms. The second-order valence-electron chi connectivity index (χ2n) is 7.95. The number of pyridine rings is 1. The molecule has 0 aromatic carbocycles. The standard InChI is InChI=1S/C19H23ClFN3O3/c1-18(21)3-5-19(26,6-4-18)11-23-17(25)13-8-24(12-9-27-10-12)16-15(13)14(20)2-7-22-16/h2,7-8,12,26H,3-6,9-11H2,1H3,(H,23,25). The molecule has 2 aliphatic rings. The largest absolute Gasteiger partial charge is 0.388 e. The van der Waals surface area contributed by atoms with Gasteiger partial charge in [0.15, 0.2) is 0 Å². The highest BCUT2D eigenvalue weighted by molar-refractivity contribution is 6.36. The number of alkyl halides is 1. The lowest BCUT2D eigenvalue weighted by molar-refractivity contribution is -0.0374. The molecule has 146 valence electrons. The number of carbonyl (C=O) groups excluding carboxylic acids is 1. The second-order valence-corrected chi connectivity index (χ2v) is 8.36. The summed E-state index contributed by atoms with van der Waals surface area (Å²) in [7, 11) is 0. The Kier molecular flexibility index (Phi) is 4.64. The lowest BCUT2D eigenvalue weighted by atomic mass is 9.78. The van der Waals surface area contributed by atoms with E-state index in [0.29, 0.717) is 47.7 Å². The number of nitrogens with zero attached hydrogens (tertiary/aromatic N) is 2. The highest BCUT2D eigenvalue weighted by Gasteiger charge is 2.39. The summed E-state index contributed by atoms with van der Waals surface area (Å²) in [4.78, 5) is 17.2. The second kappa shape index (κ2) is 6.72. The first-order chi connectivity index (χ1) is 12.8. The molecule has 1 aliphatic heterocycles. The van der Waals surface area contributed by atoms with E-state index in [2.05, 4.69) is 10.3 Å². The Morgan fingerprint density at radius 3 is 2.78 bits per heavy atom. The Labute approximate surface area is 161 Å². The molecule has 0 spiro atoms. The SMILES string of the molecule is CC1(F)CCC(O)(CNC(=O)c2cn(C3COC3)c3nccc(Cl)c23)CC1. The summed E-state index contributed by atoms with van der Waals surface area (Å²) in [6.07, 6.45) is 4.58. The first kappa shape index (κ1) is 18.7. The van der Waals surface area contributed by atoms with Crippen LogP contribution in [0.4, 0.5) is 4.39 Å². The van der Waals surface area contributed by atoms with Crippen LogP contribution in [0.3, 0.4) is 0 Å². The molecule has 27 heavy (non-hydrogen) atoms. The van der Waals surface area contributed by atoms with Crippen LogP contribution >= 0.6 is 11.6 Å². The number of aromatic nitrogens is 2. The van der Waals surface area contributed by atoms with Gasteiger partial charge in [0.2, 0.25) is 0 Å². The third-order valence-electron chi connectivity index (χ3n) is 5.72. The Balaban J connectivity index is 1.54. The van der Waals surface area contributed by atoms with E-state index in [-0.39, 0.29) is 31.3 Å². The predicted molar refractivity (Wildman–Crippen MR) is 99.9 cm³/mol. The number of carbonyl (C=O) groups is 1. The first-order valence-electron chi connectivity index (χ1n) is 9.20. The lowest BCUT2D eigenvalue weighted by Crippen LogP contribution is -2.47. The molecular formula is C19H23ClFN3O3. The summed E-state index contributed by atoms with van der Waals surface area (Å²) in [6, 6.07) is 1.78. The number of rotatable bonds is 4. The van der Waals surface area contributed by atoms with Gasteiger partial charge in [-0.15, -0.1) is 0 Å². The van der Waals surface area contributed by atoms with Crippen LogP contribution in [0.2, 0.25) is 5.02 Å². The molecule has 2 N–H and O–H groups in total. The average molecular weight is 396 g/mol. The van der Waals surface area contributed by atoms with Crippen LogP contribution in [0.25, 0.3) is 11.0 Å². The fourth-order valence-electron chi connectivity index (χ4n) is 3.73. The molecule has 6 nitrogen and oxygen atoms in total. The van der Waals surface area contributed by atoms with E-state index >= 15 is 0 Å². The van der Waals surface area contributed by atoms with E-state index in [9.17, 15) is 14.3 Å². The number of fused-ring (bicyclic) bond motifs is 1. The summed E-state index contributed by atoms with van der Waals surface area (Å²) >= 11 is 6.34. The van der Waals surface area contributed by atoms with E-state index in [4.69, 9.17) is 16.3 Å². The molecule has 2 aromatic rings. The van der Waals surface area contributed by atoms with Crippen molar-refractivity contribution in [3.8, 4) is 0 Å². The number of hydrogen-bond acceptors (Lipinski definition) is 4. The summed E-state index contributed by atoms with van der Waals surface area (Å²) in [5.41, 5.74) is -1.26. The Bertz CT molecular complexity index is 868. The molecule has 1 aliphatic carbocycles. The van der Waals surface area contributed by atoms with Gasteiger partial charge in [-0.1, -0.05) is 11.6 Å². The summed E-state index contributed by atoms with van der Waals surface area (Å²) in [5, 5.41) is 14.5. The maximum absolute atomic E-state index is 14.0. The van der Waals surface area contributed by atoms with Gasteiger partial charge < -0.3 is 19.7 Å². The quantitative estimate of drug-likeness (QED) is 0.834. The van der Waals surface area contributed by atoms with Gasteiger partial charge in [0.1, 0.15) is 11.3 Å². The molecule has 1 saturated heterocycles. The minimum atomic E-state index is -1.24. The third kappa shape index (κ3) is 3.56. The molecule has 2 fully saturated rings. The first-order valence-corrected chi connectivity index (χ1v) is 9.58. The van der Waals surface area contributed by atoms with Crippen LogP contribution in [-0.4, -0.2) is 51.6 Å². The van der Waals surface area contributed by atoms with Crippen molar-refractivity contribution in [2.45, 2.75) is 49.9 Å². The van der Waals surface area contributed by atoms with E-state index in [1.165, 1.54) is 0 Å². The van der Waals surface area contributed by atoms with Crippen molar-refractivity contribution in [3.05, 3.63) is 29.0 Å². The van der Waals surface area contributed by atoms with Gasteiger partial charge in [-0.2, -0.15) is 0 Å². The van der Waals surface area contributed by atoms with Crippen LogP contribution in [0.1, 0.15) is 49.0 Å².